The highest BCUT2D eigenvalue weighted by Crippen LogP contribution is 2.21. The van der Waals surface area contributed by atoms with Gasteiger partial charge in [0.1, 0.15) is 0 Å². The van der Waals surface area contributed by atoms with Crippen molar-refractivity contribution in [2.75, 3.05) is 10.6 Å². The van der Waals surface area contributed by atoms with Crippen LogP contribution in [0, 0.1) is 5.92 Å². The highest BCUT2D eigenvalue weighted by molar-refractivity contribution is 5.93. The molecule has 5 heteroatoms. The van der Waals surface area contributed by atoms with Gasteiger partial charge in [-0.2, -0.15) is 0 Å². The second-order valence-corrected chi connectivity index (χ2v) is 4.54. The second-order valence-electron chi connectivity index (χ2n) is 4.54. The van der Waals surface area contributed by atoms with Crippen LogP contribution in [-0.2, 0) is 4.79 Å². The Morgan fingerprint density at radius 3 is 2.21 bits per heavy atom. The van der Waals surface area contributed by atoms with Gasteiger partial charge in [0, 0.05) is 17.3 Å². The van der Waals surface area contributed by atoms with Crippen molar-refractivity contribution in [2.45, 2.75) is 19.3 Å². The molecule has 0 saturated carbocycles. The van der Waals surface area contributed by atoms with Crippen LogP contribution in [0.5, 0.6) is 0 Å². The maximum atomic E-state index is 12.0. The molecule has 19 heavy (non-hydrogen) atoms. The number of carbonyl (C=O) groups excluding carboxylic acids is 2. The average Bonchev–Trinajstić information content (AvgIpc) is 2.41. The zero-order chi connectivity index (χ0) is 13.7. The van der Waals surface area contributed by atoms with E-state index < -0.39 is 6.03 Å². The number of anilines is 2. The van der Waals surface area contributed by atoms with Crippen LogP contribution in [0.4, 0.5) is 16.2 Å². The molecule has 0 aromatic heterocycles. The Bertz CT molecular complexity index is 494. The summed E-state index contributed by atoms with van der Waals surface area (Å²) in [5.74, 6) is 0.0911. The number of benzene rings is 1. The second kappa shape index (κ2) is 6.04. The Hall–Kier alpha value is -2.30. The zero-order valence-corrected chi connectivity index (χ0v) is 10.6. The van der Waals surface area contributed by atoms with E-state index >= 15 is 0 Å². The summed E-state index contributed by atoms with van der Waals surface area (Å²) in [6.45, 7) is 0. The van der Waals surface area contributed by atoms with Gasteiger partial charge in [-0.25, -0.2) is 4.79 Å². The summed E-state index contributed by atoms with van der Waals surface area (Å²) in [6, 6.07) is 6.26. The van der Waals surface area contributed by atoms with Crippen LogP contribution < -0.4 is 16.4 Å². The minimum absolute atomic E-state index is 0.0416. The number of nitrogens with two attached hydrogens (primary N) is 1. The Labute approximate surface area is 111 Å². The number of urea groups is 1. The van der Waals surface area contributed by atoms with Crippen LogP contribution in [0.3, 0.4) is 0 Å². The van der Waals surface area contributed by atoms with E-state index in [1.165, 1.54) is 0 Å². The molecule has 0 heterocycles. The number of amides is 3. The van der Waals surface area contributed by atoms with Crippen molar-refractivity contribution in [2.24, 2.45) is 11.7 Å². The van der Waals surface area contributed by atoms with E-state index in [-0.39, 0.29) is 11.8 Å². The fraction of sp³-hybridized carbons (Fsp3) is 0.286. The summed E-state index contributed by atoms with van der Waals surface area (Å²) < 4.78 is 0. The van der Waals surface area contributed by atoms with Crippen molar-refractivity contribution >= 4 is 23.3 Å². The molecule has 0 bridgehead atoms. The number of carbonyl (C=O) groups is 2. The molecule has 2 rings (SSSR count). The van der Waals surface area contributed by atoms with Gasteiger partial charge in [0.2, 0.25) is 5.91 Å². The van der Waals surface area contributed by atoms with E-state index in [0.29, 0.717) is 5.69 Å². The molecule has 0 saturated heterocycles. The molecular formula is C14H17N3O2. The van der Waals surface area contributed by atoms with Crippen molar-refractivity contribution in [3.8, 4) is 0 Å². The Balaban J connectivity index is 1.93. The van der Waals surface area contributed by atoms with Crippen LogP contribution in [0.2, 0.25) is 0 Å². The molecular weight excluding hydrogens is 242 g/mol. The summed E-state index contributed by atoms with van der Waals surface area (Å²) >= 11 is 0. The third-order valence-electron chi connectivity index (χ3n) is 3.06. The lowest BCUT2D eigenvalue weighted by Crippen LogP contribution is -2.23. The first kappa shape index (κ1) is 13.1. The normalized spacial score (nSPS) is 17.8. The van der Waals surface area contributed by atoms with E-state index in [0.717, 1.165) is 24.9 Å². The van der Waals surface area contributed by atoms with E-state index in [1.54, 1.807) is 24.3 Å². The largest absolute Gasteiger partial charge is 0.351 e. The molecule has 1 aliphatic rings. The molecule has 0 radical (unpaired) electrons. The first-order valence-corrected chi connectivity index (χ1v) is 6.27. The molecule has 0 fully saturated rings. The van der Waals surface area contributed by atoms with Gasteiger partial charge < -0.3 is 16.4 Å². The number of rotatable bonds is 3. The minimum atomic E-state index is -0.606. The van der Waals surface area contributed by atoms with Gasteiger partial charge in [-0.15, -0.1) is 0 Å². The lowest BCUT2D eigenvalue weighted by atomic mass is 9.93. The van der Waals surface area contributed by atoms with Crippen molar-refractivity contribution in [3.63, 3.8) is 0 Å². The van der Waals surface area contributed by atoms with E-state index in [9.17, 15) is 9.59 Å². The van der Waals surface area contributed by atoms with Crippen molar-refractivity contribution < 1.29 is 9.59 Å². The van der Waals surface area contributed by atoms with Crippen LogP contribution in [0.25, 0.3) is 0 Å². The lowest BCUT2D eigenvalue weighted by molar-refractivity contribution is -0.120. The quantitative estimate of drug-likeness (QED) is 0.728. The van der Waals surface area contributed by atoms with Crippen molar-refractivity contribution in [1.82, 2.24) is 0 Å². The first-order valence-electron chi connectivity index (χ1n) is 6.27. The summed E-state index contributed by atoms with van der Waals surface area (Å²) in [5.41, 5.74) is 6.33. The maximum absolute atomic E-state index is 12.0. The van der Waals surface area contributed by atoms with E-state index in [4.69, 9.17) is 5.73 Å². The highest BCUT2D eigenvalue weighted by Gasteiger charge is 2.18. The predicted molar refractivity (Wildman–Crippen MR) is 74.8 cm³/mol. The maximum Gasteiger partial charge on any atom is 0.316 e. The Kier molecular flexibility index (Phi) is 4.18. The van der Waals surface area contributed by atoms with Crippen LogP contribution >= 0.6 is 0 Å². The fourth-order valence-corrected chi connectivity index (χ4v) is 2.06. The number of hydrogen-bond acceptors (Lipinski definition) is 2. The number of nitrogens with one attached hydrogen (secondary N) is 2. The Morgan fingerprint density at radius 2 is 1.68 bits per heavy atom. The molecule has 1 atom stereocenters. The molecule has 1 aliphatic carbocycles. The predicted octanol–water partition coefficient (Wildman–Crippen LogP) is 2.47. The third-order valence-corrected chi connectivity index (χ3v) is 3.06. The van der Waals surface area contributed by atoms with Crippen LogP contribution in [0.1, 0.15) is 19.3 Å². The average molecular weight is 259 g/mol. The molecule has 5 nitrogen and oxygen atoms in total. The SMILES string of the molecule is NC(=O)Nc1ccc(NC(=O)C2CC=CCC2)cc1. The van der Waals surface area contributed by atoms with Crippen molar-refractivity contribution in [3.05, 3.63) is 36.4 Å². The molecule has 1 unspecified atom stereocenters. The topological polar surface area (TPSA) is 84.2 Å². The van der Waals surface area contributed by atoms with Gasteiger partial charge in [0.15, 0.2) is 0 Å². The number of hydrogen-bond donors (Lipinski definition) is 3. The van der Waals surface area contributed by atoms with Gasteiger partial charge in [-0.1, -0.05) is 12.2 Å². The Morgan fingerprint density at radius 1 is 1.05 bits per heavy atom. The molecule has 1 aromatic carbocycles. The summed E-state index contributed by atoms with van der Waals surface area (Å²) in [4.78, 5) is 22.7. The van der Waals surface area contributed by atoms with Crippen LogP contribution in [-0.4, -0.2) is 11.9 Å². The van der Waals surface area contributed by atoms with Crippen LogP contribution in [0.15, 0.2) is 36.4 Å². The molecule has 1 aromatic rings. The minimum Gasteiger partial charge on any atom is -0.351 e. The molecule has 100 valence electrons. The fourth-order valence-electron chi connectivity index (χ4n) is 2.06. The summed E-state index contributed by atoms with van der Waals surface area (Å²) in [7, 11) is 0. The zero-order valence-electron chi connectivity index (χ0n) is 10.6. The summed E-state index contributed by atoms with van der Waals surface area (Å²) in [6.07, 6.45) is 6.80. The van der Waals surface area contributed by atoms with E-state index in [1.807, 2.05) is 6.08 Å². The molecule has 0 aliphatic heterocycles. The van der Waals surface area contributed by atoms with Gasteiger partial charge in [0.05, 0.1) is 0 Å². The number of allylic oxidation sites excluding steroid dienone is 2. The standard InChI is InChI=1S/C14H17N3O2/c15-14(19)17-12-8-6-11(7-9-12)16-13(18)10-4-2-1-3-5-10/h1-2,6-10H,3-5H2,(H,16,18)(H3,15,17,19). The van der Waals surface area contributed by atoms with Gasteiger partial charge in [0.25, 0.3) is 0 Å². The van der Waals surface area contributed by atoms with Gasteiger partial charge in [-0.05, 0) is 43.5 Å². The van der Waals surface area contributed by atoms with Gasteiger partial charge in [-0.3, -0.25) is 4.79 Å². The van der Waals surface area contributed by atoms with Gasteiger partial charge >= 0.3 is 6.03 Å². The molecule has 3 amide bonds. The van der Waals surface area contributed by atoms with E-state index in [2.05, 4.69) is 16.7 Å². The first-order chi connectivity index (χ1) is 9.15. The molecule has 4 N–H and O–H groups in total. The van der Waals surface area contributed by atoms with Crippen molar-refractivity contribution in [1.29, 1.82) is 0 Å². The monoisotopic (exact) mass is 259 g/mol. The molecule has 0 spiro atoms. The third kappa shape index (κ3) is 3.84. The number of primary amides is 1. The summed E-state index contributed by atoms with van der Waals surface area (Å²) in [5, 5.41) is 5.34. The highest BCUT2D eigenvalue weighted by atomic mass is 16.2. The smallest absolute Gasteiger partial charge is 0.316 e. The lowest BCUT2D eigenvalue weighted by Gasteiger charge is -2.17.